The van der Waals surface area contributed by atoms with Gasteiger partial charge in [-0.1, -0.05) is 0 Å². The van der Waals surface area contributed by atoms with E-state index >= 15 is 0 Å². The minimum Gasteiger partial charge on any atom is -0.478 e. The Bertz CT molecular complexity index is 376. The Labute approximate surface area is 72.0 Å². The van der Waals surface area contributed by atoms with E-state index in [0.29, 0.717) is 0 Å². The van der Waals surface area contributed by atoms with Gasteiger partial charge in [-0.25, -0.2) is 4.79 Å². The topological polar surface area (TPSA) is 119 Å². The van der Waals surface area contributed by atoms with Crippen LogP contribution in [0.3, 0.4) is 0 Å². The van der Waals surface area contributed by atoms with E-state index in [4.69, 9.17) is 10.8 Å². The third-order valence-corrected chi connectivity index (χ3v) is 1.32. The van der Waals surface area contributed by atoms with Crippen molar-refractivity contribution in [1.29, 1.82) is 0 Å². The highest BCUT2D eigenvalue weighted by atomic mass is 16.6. The molecule has 0 atom stereocenters. The molecular weight excluding hydrogens is 178 g/mol. The summed E-state index contributed by atoms with van der Waals surface area (Å²) in [5.41, 5.74) is 4.76. The third-order valence-electron chi connectivity index (χ3n) is 1.32. The molecule has 0 bridgehead atoms. The summed E-state index contributed by atoms with van der Waals surface area (Å²) >= 11 is 0. The highest BCUT2D eigenvalue weighted by Gasteiger charge is 2.15. The van der Waals surface area contributed by atoms with Gasteiger partial charge in [-0.3, -0.25) is 0 Å². The van der Waals surface area contributed by atoms with Crippen molar-refractivity contribution in [3.8, 4) is 0 Å². The standard InChI is InChI=1S/C6H5N3O4/c7-4-1-3(6(10)11)2-8-5(4)9(12)13/h1-2H,7H2,(H,10,11). The molecule has 0 spiro atoms. The first-order valence-corrected chi connectivity index (χ1v) is 3.15. The Hall–Kier alpha value is -2.18. The summed E-state index contributed by atoms with van der Waals surface area (Å²) in [5.74, 6) is -1.76. The summed E-state index contributed by atoms with van der Waals surface area (Å²) in [7, 11) is 0. The number of aromatic nitrogens is 1. The largest absolute Gasteiger partial charge is 0.478 e. The third kappa shape index (κ3) is 1.70. The molecule has 0 amide bonds. The van der Waals surface area contributed by atoms with Crippen molar-refractivity contribution >= 4 is 17.5 Å². The Morgan fingerprint density at radius 2 is 2.31 bits per heavy atom. The fourth-order valence-corrected chi connectivity index (χ4v) is 0.744. The molecule has 13 heavy (non-hydrogen) atoms. The van der Waals surface area contributed by atoms with Crippen molar-refractivity contribution in [2.24, 2.45) is 0 Å². The maximum Gasteiger partial charge on any atom is 0.386 e. The van der Waals surface area contributed by atoms with Gasteiger partial charge >= 0.3 is 11.8 Å². The van der Waals surface area contributed by atoms with E-state index in [1.54, 1.807) is 0 Å². The van der Waals surface area contributed by atoms with Gasteiger partial charge in [-0.15, -0.1) is 0 Å². The lowest BCUT2D eigenvalue weighted by Gasteiger charge is -1.96. The zero-order valence-corrected chi connectivity index (χ0v) is 6.30. The first kappa shape index (κ1) is 8.91. The first-order valence-electron chi connectivity index (χ1n) is 3.15. The zero-order chi connectivity index (χ0) is 10.0. The quantitative estimate of drug-likeness (QED) is 0.501. The minimum absolute atomic E-state index is 0.178. The van der Waals surface area contributed by atoms with Gasteiger partial charge in [-0.05, 0) is 16.0 Å². The number of carbonyl (C=O) groups is 1. The number of nitrogens with two attached hydrogens (primary N) is 1. The number of rotatable bonds is 2. The van der Waals surface area contributed by atoms with E-state index in [2.05, 4.69) is 4.98 Å². The highest BCUT2D eigenvalue weighted by molar-refractivity contribution is 5.88. The molecule has 0 saturated carbocycles. The molecule has 7 heteroatoms. The molecule has 1 aromatic heterocycles. The molecule has 0 unspecified atom stereocenters. The van der Waals surface area contributed by atoms with Gasteiger partial charge in [0.2, 0.25) is 0 Å². The lowest BCUT2D eigenvalue weighted by molar-refractivity contribution is -0.388. The predicted octanol–water partition coefficient (Wildman–Crippen LogP) is 0.270. The summed E-state index contributed by atoms with van der Waals surface area (Å²) in [6, 6.07) is 0.994. The van der Waals surface area contributed by atoms with Gasteiger partial charge in [0.25, 0.3) is 0 Å². The van der Waals surface area contributed by atoms with Crippen LogP contribution in [-0.2, 0) is 0 Å². The lowest BCUT2D eigenvalue weighted by atomic mass is 10.2. The molecule has 68 valence electrons. The first-order chi connectivity index (χ1) is 6.02. The van der Waals surface area contributed by atoms with Crippen LogP contribution in [0.1, 0.15) is 10.4 Å². The zero-order valence-electron chi connectivity index (χ0n) is 6.30. The lowest BCUT2D eigenvalue weighted by Crippen LogP contribution is -2.03. The fourth-order valence-electron chi connectivity index (χ4n) is 0.744. The van der Waals surface area contributed by atoms with Crippen LogP contribution >= 0.6 is 0 Å². The van der Waals surface area contributed by atoms with E-state index in [1.807, 2.05) is 0 Å². The van der Waals surface area contributed by atoms with Crippen LogP contribution in [0.25, 0.3) is 0 Å². The van der Waals surface area contributed by atoms with Gasteiger partial charge in [-0.2, -0.15) is 0 Å². The second-order valence-corrected chi connectivity index (χ2v) is 2.20. The number of anilines is 1. The molecule has 0 saturated heterocycles. The number of hydrogen-bond acceptors (Lipinski definition) is 5. The molecule has 1 aromatic rings. The maximum absolute atomic E-state index is 10.4. The van der Waals surface area contributed by atoms with Crippen LogP contribution in [0.5, 0.6) is 0 Å². The SMILES string of the molecule is Nc1cc(C(=O)O)cnc1[N+](=O)[O-]. The van der Waals surface area contributed by atoms with E-state index in [1.165, 1.54) is 0 Å². The monoisotopic (exact) mass is 183 g/mol. The van der Waals surface area contributed by atoms with Gasteiger partial charge in [0, 0.05) is 0 Å². The summed E-state index contributed by atoms with van der Waals surface area (Å²) in [6.07, 6.45) is 0.886. The van der Waals surface area contributed by atoms with Crippen molar-refractivity contribution in [2.75, 3.05) is 5.73 Å². The smallest absolute Gasteiger partial charge is 0.386 e. The van der Waals surface area contributed by atoms with Crippen molar-refractivity contribution in [1.82, 2.24) is 4.98 Å². The van der Waals surface area contributed by atoms with Gasteiger partial charge in [0.15, 0.2) is 6.20 Å². The molecule has 0 aliphatic carbocycles. The molecule has 7 nitrogen and oxygen atoms in total. The molecule has 0 aliphatic heterocycles. The van der Waals surface area contributed by atoms with E-state index < -0.39 is 16.7 Å². The van der Waals surface area contributed by atoms with E-state index in [0.717, 1.165) is 12.3 Å². The van der Waals surface area contributed by atoms with Gasteiger partial charge in [0.05, 0.1) is 0 Å². The number of nitrogens with zero attached hydrogens (tertiary/aromatic N) is 2. The number of carboxylic acid groups (broad SMARTS) is 1. The van der Waals surface area contributed by atoms with E-state index in [-0.39, 0.29) is 11.3 Å². The average molecular weight is 183 g/mol. The fraction of sp³-hybridized carbons (Fsp3) is 0. The Morgan fingerprint density at radius 1 is 1.69 bits per heavy atom. The Kier molecular flexibility index (Phi) is 2.09. The van der Waals surface area contributed by atoms with Crippen LogP contribution in [0.2, 0.25) is 0 Å². The molecule has 0 fully saturated rings. The van der Waals surface area contributed by atoms with Crippen LogP contribution in [0, 0.1) is 10.1 Å². The molecule has 0 radical (unpaired) electrons. The number of nitrogen functional groups attached to an aromatic ring is 1. The molecule has 1 rings (SSSR count). The summed E-state index contributed by atoms with van der Waals surface area (Å²) in [4.78, 5) is 23.1. The van der Waals surface area contributed by atoms with Crippen molar-refractivity contribution in [3.63, 3.8) is 0 Å². The van der Waals surface area contributed by atoms with Crippen molar-refractivity contribution in [2.45, 2.75) is 0 Å². The average Bonchev–Trinajstić information content (AvgIpc) is 2.03. The van der Waals surface area contributed by atoms with Gasteiger partial charge < -0.3 is 21.0 Å². The normalized spacial score (nSPS) is 9.54. The Balaban J connectivity index is 3.20. The van der Waals surface area contributed by atoms with Crippen molar-refractivity contribution < 1.29 is 14.8 Å². The summed E-state index contributed by atoms with van der Waals surface area (Å²) < 4.78 is 0. The predicted molar refractivity (Wildman–Crippen MR) is 42.3 cm³/mol. The van der Waals surface area contributed by atoms with Crippen molar-refractivity contribution in [3.05, 3.63) is 27.9 Å². The summed E-state index contributed by atoms with van der Waals surface area (Å²) in [6.45, 7) is 0. The number of hydrogen-bond donors (Lipinski definition) is 2. The molecule has 1 heterocycles. The number of nitro groups is 1. The summed E-state index contributed by atoms with van der Waals surface area (Å²) in [5, 5.41) is 18.7. The molecule has 3 N–H and O–H groups in total. The molecule has 0 aliphatic rings. The van der Waals surface area contributed by atoms with Crippen LogP contribution in [0.4, 0.5) is 11.5 Å². The van der Waals surface area contributed by atoms with E-state index in [9.17, 15) is 14.9 Å². The van der Waals surface area contributed by atoms with Crippen LogP contribution in [-0.4, -0.2) is 21.0 Å². The number of carboxylic acids is 1. The molecular formula is C6H5N3O4. The molecule has 0 aromatic carbocycles. The second-order valence-electron chi connectivity index (χ2n) is 2.20. The number of pyridine rings is 1. The van der Waals surface area contributed by atoms with Crippen LogP contribution < -0.4 is 5.73 Å². The Morgan fingerprint density at radius 3 is 2.69 bits per heavy atom. The number of aromatic carboxylic acids is 1. The minimum atomic E-state index is -1.23. The van der Waals surface area contributed by atoms with Crippen LogP contribution in [0.15, 0.2) is 12.3 Å². The maximum atomic E-state index is 10.4. The highest BCUT2D eigenvalue weighted by Crippen LogP contribution is 2.18. The second kappa shape index (κ2) is 3.05. The van der Waals surface area contributed by atoms with Gasteiger partial charge in [0.1, 0.15) is 11.3 Å².